The van der Waals surface area contributed by atoms with Gasteiger partial charge in [-0.15, -0.1) is 0 Å². The van der Waals surface area contributed by atoms with Crippen LogP contribution >= 0.6 is 0 Å². The first-order valence-corrected chi connectivity index (χ1v) is 6.31. The van der Waals surface area contributed by atoms with Crippen LogP contribution in [0.5, 0.6) is 0 Å². The van der Waals surface area contributed by atoms with E-state index in [9.17, 15) is 14.4 Å². The van der Waals surface area contributed by atoms with Gasteiger partial charge in [0.15, 0.2) is 11.2 Å². The summed E-state index contributed by atoms with van der Waals surface area (Å²) in [6.45, 7) is 0. The number of carboxylic acid groups (broad SMARTS) is 1. The van der Waals surface area contributed by atoms with Crippen molar-refractivity contribution >= 4 is 35.1 Å². The molecular formula is C12H12N8O4. The van der Waals surface area contributed by atoms with Crippen molar-refractivity contribution in [3.05, 3.63) is 45.5 Å². The number of carboxylic acids is 1. The number of nitrogen functional groups attached to an aromatic ring is 2. The lowest BCUT2D eigenvalue weighted by atomic mass is 10.5. The van der Waals surface area contributed by atoms with E-state index in [1.807, 2.05) is 0 Å². The number of hydrogen-bond acceptors (Lipinski definition) is 8. The first-order chi connectivity index (χ1) is 11.4. The third-order valence-corrected chi connectivity index (χ3v) is 2.54. The zero-order valence-corrected chi connectivity index (χ0v) is 12.0. The zero-order chi connectivity index (χ0) is 17.7. The van der Waals surface area contributed by atoms with Crippen molar-refractivity contribution in [1.82, 2.24) is 29.5 Å². The van der Waals surface area contributed by atoms with E-state index in [2.05, 4.69) is 24.9 Å². The van der Waals surface area contributed by atoms with E-state index in [0.717, 1.165) is 16.8 Å². The molecule has 0 amide bonds. The quantitative estimate of drug-likeness (QED) is 0.350. The van der Waals surface area contributed by atoms with Crippen LogP contribution in [0, 0.1) is 0 Å². The van der Waals surface area contributed by atoms with Gasteiger partial charge in [0.2, 0.25) is 5.95 Å². The minimum absolute atomic E-state index is 0.0783. The van der Waals surface area contributed by atoms with Crippen LogP contribution in [0.25, 0.3) is 17.4 Å². The summed E-state index contributed by atoms with van der Waals surface area (Å²) in [5, 5.41) is 8.27. The monoisotopic (exact) mass is 332 g/mol. The summed E-state index contributed by atoms with van der Waals surface area (Å²) in [7, 11) is 0. The van der Waals surface area contributed by atoms with E-state index >= 15 is 0 Å². The van der Waals surface area contributed by atoms with Crippen molar-refractivity contribution in [3.63, 3.8) is 0 Å². The van der Waals surface area contributed by atoms with E-state index in [1.54, 1.807) is 0 Å². The number of aliphatic carboxylic acids is 1. The Morgan fingerprint density at radius 1 is 1.29 bits per heavy atom. The average Bonchev–Trinajstić information content (AvgIpc) is 2.95. The van der Waals surface area contributed by atoms with Crippen LogP contribution in [-0.4, -0.2) is 40.6 Å². The molecule has 0 atom stereocenters. The Morgan fingerprint density at radius 2 is 2.04 bits per heavy atom. The second-order valence-electron chi connectivity index (χ2n) is 4.25. The fourth-order valence-electron chi connectivity index (χ4n) is 1.54. The van der Waals surface area contributed by atoms with Gasteiger partial charge in [-0.05, 0) is 6.07 Å². The van der Waals surface area contributed by atoms with Gasteiger partial charge in [0.1, 0.15) is 5.82 Å². The molecule has 0 fully saturated rings. The lowest BCUT2D eigenvalue weighted by Crippen LogP contribution is -2.19. The number of nitrogens with two attached hydrogens (primary N) is 2. The Balaban J connectivity index is 0.000000175. The molecular weight excluding hydrogens is 320 g/mol. The van der Waals surface area contributed by atoms with Crippen LogP contribution in [0.1, 0.15) is 0 Å². The van der Waals surface area contributed by atoms with Crippen LogP contribution in [0.4, 0.5) is 11.8 Å². The lowest BCUT2D eigenvalue weighted by Gasteiger charge is -1.95. The van der Waals surface area contributed by atoms with Gasteiger partial charge in [-0.2, -0.15) is 9.97 Å². The summed E-state index contributed by atoms with van der Waals surface area (Å²) < 4.78 is 1.02. The summed E-state index contributed by atoms with van der Waals surface area (Å²) >= 11 is 0. The van der Waals surface area contributed by atoms with Crippen molar-refractivity contribution in [2.75, 3.05) is 11.5 Å². The van der Waals surface area contributed by atoms with Gasteiger partial charge in [-0.25, -0.2) is 14.6 Å². The molecule has 7 N–H and O–H groups in total. The Labute approximate surface area is 132 Å². The first-order valence-electron chi connectivity index (χ1n) is 6.31. The standard InChI is InChI=1S/C7H7N3O3.C5H5N5O/c8-5-1-3-10(7(13)9-5)4-2-6(11)12;6-5-9-3-2(4(11)10-5)7-1-8-3/h1-4H,(H,11,12)(H2,8,9,13);1H,(H4,6,7,8,9,10,11). The maximum atomic E-state index is 11.0. The predicted molar refractivity (Wildman–Crippen MR) is 84.8 cm³/mol. The molecule has 0 bridgehead atoms. The molecule has 0 aliphatic heterocycles. The van der Waals surface area contributed by atoms with Crippen molar-refractivity contribution < 1.29 is 9.90 Å². The summed E-state index contributed by atoms with van der Waals surface area (Å²) in [4.78, 5) is 48.0. The molecule has 3 aromatic heterocycles. The average molecular weight is 332 g/mol. The van der Waals surface area contributed by atoms with Gasteiger partial charge < -0.3 is 21.6 Å². The number of rotatable bonds is 2. The van der Waals surface area contributed by atoms with E-state index in [-0.39, 0.29) is 17.3 Å². The first kappa shape index (κ1) is 16.4. The van der Waals surface area contributed by atoms with E-state index in [4.69, 9.17) is 16.6 Å². The molecule has 12 heteroatoms. The lowest BCUT2D eigenvalue weighted by molar-refractivity contribution is -0.131. The molecule has 0 saturated heterocycles. The smallest absolute Gasteiger partial charge is 0.353 e. The van der Waals surface area contributed by atoms with E-state index in [1.165, 1.54) is 18.6 Å². The molecule has 12 nitrogen and oxygen atoms in total. The molecule has 124 valence electrons. The molecule has 0 radical (unpaired) electrons. The topological polar surface area (TPSA) is 199 Å². The normalized spacial score (nSPS) is 10.5. The van der Waals surface area contributed by atoms with Crippen molar-refractivity contribution in [2.45, 2.75) is 0 Å². The predicted octanol–water partition coefficient (Wildman–Crippen LogP) is -1.39. The highest BCUT2D eigenvalue weighted by Gasteiger charge is 2.01. The molecule has 0 aliphatic rings. The number of nitrogens with zero attached hydrogens (tertiary/aromatic N) is 4. The Bertz CT molecular complexity index is 1020. The number of hydrogen-bond donors (Lipinski definition) is 5. The molecule has 0 spiro atoms. The van der Waals surface area contributed by atoms with Gasteiger partial charge in [-0.1, -0.05) is 0 Å². The van der Waals surface area contributed by atoms with E-state index in [0.29, 0.717) is 11.2 Å². The van der Waals surface area contributed by atoms with E-state index < -0.39 is 11.7 Å². The summed E-state index contributed by atoms with van der Waals surface area (Å²) in [5.41, 5.74) is 10.3. The summed E-state index contributed by atoms with van der Waals surface area (Å²) in [5.74, 6) is -0.955. The summed E-state index contributed by atoms with van der Waals surface area (Å²) in [6, 6.07) is 1.40. The largest absolute Gasteiger partial charge is 0.478 e. The SMILES string of the molecule is Nc1ccn(C=CC(=O)O)c(=O)n1.Nc1nc2nc[nH]c2c(=O)[nH]1. The number of H-pyrrole nitrogens is 2. The van der Waals surface area contributed by atoms with Crippen LogP contribution in [0.2, 0.25) is 0 Å². The second kappa shape index (κ2) is 6.87. The highest BCUT2D eigenvalue weighted by molar-refractivity contribution is 5.82. The van der Waals surface area contributed by atoms with Gasteiger partial charge in [0.05, 0.1) is 6.33 Å². The fraction of sp³-hybridized carbons (Fsp3) is 0. The number of aromatic nitrogens is 6. The number of fused-ring (bicyclic) bond motifs is 1. The zero-order valence-electron chi connectivity index (χ0n) is 12.0. The van der Waals surface area contributed by atoms with Gasteiger partial charge >= 0.3 is 11.7 Å². The molecule has 0 aliphatic carbocycles. The van der Waals surface area contributed by atoms with Crippen LogP contribution in [0.3, 0.4) is 0 Å². The Morgan fingerprint density at radius 3 is 2.71 bits per heavy atom. The molecule has 0 unspecified atom stereocenters. The third kappa shape index (κ3) is 4.03. The van der Waals surface area contributed by atoms with Crippen LogP contribution < -0.4 is 22.7 Å². The maximum absolute atomic E-state index is 11.0. The maximum Gasteiger partial charge on any atom is 0.353 e. The molecule has 3 heterocycles. The number of anilines is 2. The van der Waals surface area contributed by atoms with Crippen molar-refractivity contribution in [3.8, 4) is 0 Å². The third-order valence-electron chi connectivity index (χ3n) is 2.54. The van der Waals surface area contributed by atoms with Gasteiger partial charge in [0.25, 0.3) is 5.56 Å². The number of imidazole rings is 1. The fourth-order valence-corrected chi connectivity index (χ4v) is 1.54. The van der Waals surface area contributed by atoms with Gasteiger partial charge in [0, 0.05) is 18.5 Å². The molecule has 0 aromatic carbocycles. The van der Waals surface area contributed by atoms with Gasteiger partial charge in [-0.3, -0.25) is 14.3 Å². The molecule has 24 heavy (non-hydrogen) atoms. The second-order valence-corrected chi connectivity index (χ2v) is 4.25. The summed E-state index contributed by atoms with van der Waals surface area (Å²) in [6.07, 6.45) is 4.66. The highest BCUT2D eigenvalue weighted by Crippen LogP contribution is 1.98. The molecule has 0 saturated carbocycles. The highest BCUT2D eigenvalue weighted by atomic mass is 16.4. The minimum Gasteiger partial charge on any atom is -0.478 e. The number of aromatic amines is 2. The van der Waals surface area contributed by atoms with Crippen molar-refractivity contribution in [2.24, 2.45) is 0 Å². The number of nitrogens with one attached hydrogen (secondary N) is 2. The molecule has 3 rings (SSSR count). The van der Waals surface area contributed by atoms with Crippen molar-refractivity contribution in [1.29, 1.82) is 0 Å². The Hall–Kier alpha value is -3.96. The minimum atomic E-state index is -1.14. The van der Waals surface area contributed by atoms with Crippen LogP contribution in [-0.2, 0) is 4.79 Å². The Kier molecular flexibility index (Phi) is 4.70. The number of carbonyl (C=O) groups is 1. The van der Waals surface area contributed by atoms with Crippen LogP contribution in [0.15, 0.2) is 34.3 Å². The molecule has 3 aromatic rings.